The number of carbonyl (C=O) groups excluding carboxylic acids is 2. The van der Waals surface area contributed by atoms with Gasteiger partial charge < -0.3 is 10.6 Å². The van der Waals surface area contributed by atoms with Gasteiger partial charge in [0.15, 0.2) is 0 Å². The minimum Gasteiger partial charge on any atom is -0.347 e. The molecule has 1 aromatic rings. The molecule has 4 bridgehead atoms. The molecule has 4 fully saturated rings. The van der Waals surface area contributed by atoms with Gasteiger partial charge in [0.25, 0.3) is 0 Å². The fourth-order valence-corrected chi connectivity index (χ4v) is 6.86. The molecular formula is C22H32N2O2S. The summed E-state index contributed by atoms with van der Waals surface area (Å²) in [5.74, 6) is 2.33. The zero-order valence-corrected chi connectivity index (χ0v) is 17.5. The smallest absolute Gasteiger partial charge is 0.243 e. The number of rotatable bonds is 6. The van der Waals surface area contributed by atoms with Gasteiger partial charge in [0.2, 0.25) is 11.8 Å². The van der Waals surface area contributed by atoms with E-state index in [0.29, 0.717) is 0 Å². The first kappa shape index (κ1) is 19.0. The molecule has 0 saturated heterocycles. The van der Waals surface area contributed by atoms with Crippen LogP contribution in [0.2, 0.25) is 0 Å². The molecule has 1 aromatic heterocycles. The SMILES string of the molecule is CC(NC(=O)C(NC(=O)C12CC3CC(CC(C3)C1)C2)C(C)C)c1cccs1. The monoisotopic (exact) mass is 388 g/mol. The Bertz CT molecular complexity index is 662. The Morgan fingerprint density at radius 3 is 2.11 bits per heavy atom. The first-order chi connectivity index (χ1) is 12.9. The van der Waals surface area contributed by atoms with Gasteiger partial charge in [-0.15, -0.1) is 11.3 Å². The van der Waals surface area contributed by atoms with Crippen LogP contribution in [0.1, 0.15) is 70.2 Å². The van der Waals surface area contributed by atoms with Gasteiger partial charge >= 0.3 is 0 Å². The molecule has 0 radical (unpaired) electrons. The maximum absolute atomic E-state index is 13.3. The summed E-state index contributed by atoms with van der Waals surface area (Å²) in [4.78, 5) is 27.4. The second-order valence-corrected chi connectivity index (χ2v) is 10.6. The Labute approximate surface area is 166 Å². The second-order valence-electron chi connectivity index (χ2n) is 9.64. The van der Waals surface area contributed by atoms with Crippen molar-refractivity contribution >= 4 is 23.2 Å². The third kappa shape index (κ3) is 3.67. The molecule has 5 rings (SSSR count). The Balaban J connectivity index is 1.43. The standard InChI is InChI=1S/C22H32N2O2S/c1-13(2)19(20(25)23-14(3)18-5-4-6-27-18)24-21(26)22-10-15-7-16(11-22)9-17(8-15)12-22/h4-6,13-17,19H,7-12H2,1-3H3,(H,23,25)(H,24,26). The third-order valence-electron chi connectivity index (χ3n) is 7.08. The number of amides is 2. The highest BCUT2D eigenvalue weighted by Gasteiger charge is 2.55. The average molecular weight is 389 g/mol. The van der Waals surface area contributed by atoms with Crippen LogP contribution in [0, 0.1) is 29.1 Å². The molecule has 4 aliphatic carbocycles. The normalized spacial score (nSPS) is 33.7. The van der Waals surface area contributed by atoms with Crippen molar-refractivity contribution in [2.45, 2.75) is 71.4 Å². The van der Waals surface area contributed by atoms with Crippen molar-refractivity contribution in [3.05, 3.63) is 22.4 Å². The minimum atomic E-state index is -0.465. The molecule has 148 valence electrons. The molecule has 2 amide bonds. The molecule has 0 spiro atoms. The van der Waals surface area contributed by atoms with Crippen molar-refractivity contribution < 1.29 is 9.59 Å². The van der Waals surface area contributed by atoms with Gasteiger partial charge in [-0.2, -0.15) is 0 Å². The Morgan fingerprint density at radius 1 is 1.04 bits per heavy atom. The zero-order chi connectivity index (χ0) is 19.2. The van der Waals surface area contributed by atoms with Gasteiger partial charge in [-0.05, 0) is 80.6 Å². The van der Waals surface area contributed by atoms with Crippen LogP contribution in [0.5, 0.6) is 0 Å². The third-order valence-corrected chi connectivity index (χ3v) is 8.14. The molecule has 0 aromatic carbocycles. The summed E-state index contributed by atoms with van der Waals surface area (Å²) in [7, 11) is 0. The Hall–Kier alpha value is -1.36. The van der Waals surface area contributed by atoms with E-state index < -0.39 is 6.04 Å². The van der Waals surface area contributed by atoms with E-state index in [1.165, 1.54) is 19.3 Å². The summed E-state index contributed by atoms with van der Waals surface area (Å²) in [5, 5.41) is 8.30. The molecule has 1 heterocycles. The summed E-state index contributed by atoms with van der Waals surface area (Å²) in [6, 6.07) is 3.54. The average Bonchev–Trinajstić information content (AvgIpc) is 3.12. The van der Waals surface area contributed by atoms with Crippen molar-refractivity contribution in [1.29, 1.82) is 0 Å². The van der Waals surface area contributed by atoms with Gasteiger partial charge in [0.05, 0.1) is 6.04 Å². The number of hydrogen-bond donors (Lipinski definition) is 2. The topological polar surface area (TPSA) is 58.2 Å². The van der Waals surface area contributed by atoms with Gasteiger partial charge in [-0.1, -0.05) is 19.9 Å². The fourth-order valence-electron chi connectivity index (χ4n) is 6.13. The highest BCUT2D eigenvalue weighted by Crippen LogP contribution is 2.60. The number of thiophene rings is 1. The first-order valence-electron chi connectivity index (χ1n) is 10.5. The van der Waals surface area contributed by atoms with E-state index in [-0.39, 0.29) is 29.2 Å². The Morgan fingerprint density at radius 2 is 1.63 bits per heavy atom. The van der Waals surface area contributed by atoms with E-state index in [4.69, 9.17) is 0 Å². The molecule has 27 heavy (non-hydrogen) atoms. The fraction of sp³-hybridized carbons (Fsp3) is 0.727. The number of carbonyl (C=O) groups is 2. The second kappa shape index (κ2) is 7.23. The maximum Gasteiger partial charge on any atom is 0.243 e. The number of nitrogens with one attached hydrogen (secondary N) is 2. The van der Waals surface area contributed by atoms with Crippen LogP contribution in [0.15, 0.2) is 17.5 Å². The molecule has 2 atom stereocenters. The van der Waals surface area contributed by atoms with Crippen LogP contribution in [0.4, 0.5) is 0 Å². The summed E-state index contributed by atoms with van der Waals surface area (Å²) in [6.07, 6.45) is 7.05. The molecule has 4 aliphatic rings. The zero-order valence-electron chi connectivity index (χ0n) is 16.7. The lowest BCUT2D eigenvalue weighted by Gasteiger charge is -2.55. The number of hydrogen-bond acceptors (Lipinski definition) is 3. The molecule has 5 heteroatoms. The van der Waals surface area contributed by atoms with E-state index in [1.54, 1.807) is 11.3 Å². The van der Waals surface area contributed by atoms with Crippen LogP contribution in [0.3, 0.4) is 0 Å². The van der Waals surface area contributed by atoms with Gasteiger partial charge in [0, 0.05) is 10.3 Å². The van der Waals surface area contributed by atoms with Crippen LogP contribution in [0.25, 0.3) is 0 Å². The van der Waals surface area contributed by atoms with Crippen molar-refractivity contribution in [1.82, 2.24) is 10.6 Å². The van der Waals surface area contributed by atoms with Crippen molar-refractivity contribution in [3.63, 3.8) is 0 Å². The lowest BCUT2D eigenvalue weighted by Crippen LogP contribution is -2.58. The maximum atomic E-state index is 13.3. The summed E-state index contributed by atoms with van der Waals surface area (Å²) in [5.41, 5.74) is -0.207. The van der Waals surface area contributed by atoms with Crippen LogP contribution in [-0.4, -0.2) is 17.9 Å². The highest BCUT2D eigenvalue weighted by molar-refractivity contribution is 7.10. The quantitative estimate of drug-likeness (QED) is 0.764. The summed E-state index contributed by atoms with van der Waals surface area (Å²) < 4.78 is 0. The van der Waals surface area contributed by atoms with Crippen molar-refractivity contribution in [2.24, 2.45) is 29.1 Å². The molecular weight excluding hydrogens is 356 g/mol. The van der Waals surface area contributed by atoms with E-state index in [1.807, 2.05) is 38.3 Å². The van der Waals surface area contributed by atoms with Crippen LogP contribution < -0.4 is 10.6 Å². The van der Waals surface area contributed by atoms with Gasteiger partial charge in [-0.3, -0.25) is 9.59 Å². The van der Waals surface area contributed by atoms with Gasteiger partial charge in [0.1, 0.15) is 6.04 Å². The minimum absolute atomic E-state index is 0.0322. The molecule has 4 nitrogen and oxygen atoms in total. The van der Waals surface area contributed by atoms with Crippen LogP contribution in [-0.2, 0) is 9.59 Å². The molecule has 4 saturated carbocycles. The summed E-state index contributed by atoms with van der Waals surface area (Å²) in [6.45, 7) is 6.03. The van der Waals surface area contributed by atoms with Gasteiger partial charge in [-0.25, -0.2) is 0 Å². The van der Waals surface area contributed by atoms with E-state index in [2.05, 4.69) is 10.6 Å². The molecule has 2 N–H and O–H groups in total. The van der Waals surface area contributed by atoms with Crippen molar-refractivity contribution in [2.75, 3.05) is 0 Å². The van der Waals surface area contributed by atoms with E-state index >= 15 is 0 Å². The largest absolute Gasteiger partial charge is 0.347 e. The predicted octanol–water partition coefficient (Wildman–Crippen LogP) is 4.28. The lowest BCUT2D eigenvalue weighted by molar-refractivity contribution is -0.149. The van der Waals surface area contributed by atoms with Crippen LogP contribution >= 0.6 is 11.3 Å². The van der Waals surface area contributed by atoms with E-state index in [0.717, 1.165) is 41.9 Å². The highest BCUT2D eigenvalue weighted by atomic mass is 32.1. The summed E-state index contributed by atoms with van der Waals surface area (Å²) >= 11 is 1.64. The molecule has 2 unspecified atom stereocenters. The first-order valence-corrected chi connectivity index (χ1v) is 11.4. The van der Waals surface area contributed by atoms with E-state index in [9.17, 15) is 9.59 Å². The lowest BCUT2D eigenvalue weighted by atomic mass is 9.49. The molecule has 0 aliphatic heterocycles. The Kier molecular flexibility index (Phi) is 5.08. The predicted molar refractivity (Wildman–Crippen MR) is 108 cm³/mol. The van der Waals surface area contributed by atoms with Crippen molar-refractivity contribution in [3.8, 4) is 0 Å².